The molecule has 2 amide bonds. The van der Waals surface area contributed by atoms with Gasteiger partial charge in [-0.2, -0.15) is 13.2 Å². The zero-order chi connectivity index (χ0) is 20.0. The molecule has 3 rings (SSSR count). The Kier molecular flexibility index (Phi) is 5.84. The minimum atomic E-state index is -4.40. The van der Waals surface area contributed by atoms with E-state index in [4.69, 9.17) is 0 Å². The van der Waals surface area contributed by atoms with E-state index in [0.29, 0.717) is 12.2 Å². The van der Waals surface area contributed by atoms with E-state index < -0.39 is 17.8 Å². The molecule has 0 atom stereocenters. The highest BCUT2D eigenvalue weighted by atomic mass is 19.4. The number of halogens is 3. The Morgan fingerprint density at radius 3 is 1.79 bits per heavy atom. The molecule has 4 nitrogen and oxygen atoms in total. The van der Waals surface area contributed by atoms with E-state index in [2.05, 4.69) is 16.0 Å². The van der Waals surface area contributed by atoms with E-state index in [1.165, 1.54) is 12.1 Å². The number of amides is 2. The highest BCUT2D eigenvalue weighted by Crippen LogP contribution is 2.29. The van der Waals surface area contributed by atoms with Crippen molar-refractivity contribution in [3.63, 3.8) is 0 Å². The topological polar surface area (TPSA) is 53.2 Å². The van der Waals surface area contributed by atoms with Gasteiger partial charge in [-0.05, 0) is 54.1 Å². The number of benzene rings is 3. The van der Waals surface area contributed by atoms with Gasteiger partial charge in [0.1, 0.15) is 0 Å². The Labute approximate surface area is 160 Å². The molecule has 0 radical (unpaired) electrons. The molecular formula is C21H18F3N3O. The molecule has 7 heteroatoms. The second kappa shape index (κ2) is 8.47. The molecule has 3 aromatic carbocycles. The lowest BCUT2D eigenvalue weighted by molar-refractivity contribution is -0.137. The predicted octanol–water partition coefficient (Wildman–Crippen LogP) is 5.96. The van der Waals surface area contributed by atoms with Crippen molar-refractivity contribution in [1.29, 1.82) is 0 Å². The number of rotatable bonds is 5. The lowest BCUT2D eigenvalue weighted by Crippen LogP contribution is -2.19. The number of urea groups is 1. The van der Waals surface area contributed by atoms with Gasteiger partial charge in [0.15, 0.2) is 0 Å². The van der Waals surface area contributed by atoms with Crippen LogP contribution in [0.5, 0.6) is 0 Å². The molecule has 0 heterocycles. The van der Waals surface area contributed by atoms with Crippen LogP contribution in [-0.2, 0) is 12.7 Å². The Hall–Kier alpha value is -3.48. The third-order valence-electron chi connectivity index (χ3n) is 3.95. The Balaban J connectivity index is 1.51. The Morgan fingerprint density at radius 2 is 1.25 bits per heavy atom. The zero-order valence-corrected chi connectivity index (χ0v) is 14.8. The highest BCUT2D eigenvalue weighted by molar-refractivity contribution is 5.99. The first kappa shape index (κ1) is 19.3. The predicted molar refractivity (Wildman–Crippen MR) is 104 cm³/mol. The monoisotopic (exact) mass is 385 g/mol. The lowest BCUT2D eigenvalue weighted by Gasteiger charge is -2.11. The summed E-state index contributed by atoms with van der Waals surface area (Å²) in [6.07, 6.45) is -4.40. The third-order valence-corrected chi connectivity index (χ3v) is 3.95. The SMILES string of the molecule is O=C(Nc1ccc(CNc2ccccc2)cc1)Nc1ccc(C(F)(F)F)cc1. The molecule has 3 aromatic rings. The molecular weight excluding hydrogens is 367 g/mol. The fourth-order valence-corrected chi connectivity index (χ4v) is 2.50. The second-order valence-electron chi connectivity index (χ2n) is 6.07. The number of alkyl halides is 3. The molecule has 0 spiro atoms. The summed E-state index contributed by atoms with van der Waals surface area (Å²) < 4.78 is 37.6. The van der Waals surface area contributed by atoms with Gasteiger partial charge in [0, 0.05) is 23.6 Å². The van der Waals surface area contributed by atoms with E-state index in [9.17, 15) is 18.0 Å². The summed E-state index contributed by atoms with van der Waals surface area (Å²) in [6, 6.07) is 20.8. The second-order valence-corrected chi connectivity index (χ2v) is 6.07. The molecule has 0 saturated carbocycles. The fourth-order valence-electron chi connectivity index (χ4n) is 2.50. The molecule has 28 heavy (non-hydrogen) atoms. The van der Waals surface area contributed by atoms with E-state index in [-0.39, 0.29) is 5.69 Å². The molecule has 0 saturated heterocycles. The highest BCUT2D eigenvalue weighted by Gasteiger charge is 2.29. The molecule has 0 fully saturated rings. The van der Waals surface area contributed by atoms with Crippen LogP contribution >= 0.6 is 0 Å². The van der Waals surface area contributed by atoms with E-state index in [0.717, 1.165) is 23.4 Å². The van der Waals surface area contributed by atoms with Gasteiger partial charge in [-0.25, -0.2) is 4.79 Å². The summed E-state index contributed by atoms with van der Waals surface area (Å²) in [7, 11) is 0. The maximum Gasteiger partial charge on any atom is 0.416 e. The summed E-state index contributed by atoms with van der Waals surface area (Å²) in [5.41, 5.74) is 2.14. The van der Waals surface area contributed by atoms with Crippen LogP contribution in [0.2, 0.25) is 0 Å². The van der Waals surface area contributed by atoms with Crippen molar-refractivity contribution in [1.82, 2.24) is 0 Å². The van der Waals surface area contributed by atoms with Crippen molar-refractivity contribution < 1.29 is 18.0 Å². The number of hydrogen-bond donors (Lipinski definition) is 3. The van der Waals surface area contributed by atoms with Gasteiger partial charge in [-0.3, -0.25) is 0 Å². The maximum atomic E-state index is 12.5. The van der Waals surface area contributed by atoms with Crippen LogP contribution in [0.1, 0.15) is 11.1 Å². The third kappa shape index (κ3) is 5.51. The first-order valence-corrected chi connectivity index (χ1v) is 8.53. The molecule has 144 valence electrons. The molecule has 0 aliphatic rings. The van der Waals surface area contributed by atoms with Crippen LogP contribution in [0.4, 0.5) is 35.0 Å². The zero-order valence-electron chi connectivity index (χ0n) is 14.8. The lowest BCUT2D eigenvalue weighted by atomic mass is 10.2. The Bertz CT molecular complexity index is 908. The Morgan fingerprint density at radius 1 is 0.714 bits per heavy atom. The van der Waals surface area contributed by atoms with Gasteiger partial charge < -0.3 is 16.0 Å². The van der Waals surface area contributed by atoms with Crippen LogP contribution in [0.25, 0.3) is 0 Å². The smallest absolute Gasteiger partial charge is 0.381 e. The molecule has 0 bridgehead atoms. The van der Waals surface area contributed by atoms with E-state index in [1.807, 2.05) is 42.5 Å². The summed E-state index contributed by atoms with van der Waals surface area (Å²) in [4.78, 5) is 12.0. The standard InChI is InChI=1S/C21H18F3N3O/c22-21(23,24)16-8-12-19(13-9-16)27-20(28)26-18-10-6-15(7-11-18)14-25-17-4-2-1-3-5-17/h1-13,25H,14H2,(H2,26,27,28). The van der Waals surface area contributed by atoms with Gasteiger partial charge in [0.2, 0.25) is 0 Å². The van der Waals surface area contributed by atoms with Crippen LogP contribution in [0.3, 0.4) is 0 Å². The summed E-state index contributed by atoms with van der Waals surface area (Å²) in [5, 5.41) is 8.43. The van der Waals surface area contributed by atoms with Gasteiger partial charge in [-0.1, -0.05) is 30.3 Å². The van der Waals surface area contributed by atoms with E-state index >= 15 is 0 Å². The van der Waals surface area contributed by atoms with Crippen molar-refractivity contribution in [3.8, 4) is 0 Å². The summed E-state index contributed by atoms with van der Waals surface area (Å²) in [5.74, 6) is 0. The molecule has 0 unspecified atom stereocenters. The van der Waals surface area contributed by atoms with Crippen LogP contribution in [-0.4, -0.2) is 6.03 Å². The van der Waals surface area contributed by atoms with Gasteiger partial charge in [0.25, 0.3) is 0 Å². The van der Waals surface area contributed by atoms with Crippen LogP contribution in [0.15, 0.2) is 78.9 Å². The van der Waals surface area contributed by atoms with Crippen molar-refractivity contribution in [3.05, 3.63) is 90.0 Å². The van der Waals surface area contributed by atoms with Gasteiger partial charge >= 0.3 is 12.2 Å². The number of carbonyl (C=O) groups excluding carboxylic acids is 1. The summed E-state index contributed by atoms with van der Waals surface area (Å²) >= 11 is 0. The van der Waals surface area contributed by atoms with Crippen molar-refractivity contribution in [2.75, 3.05) is 16.0 Å². The maximum absolute atomic E-state index is 12.5. The van der Waals surface area contributed by atoms with Crippen molar-refractivity contribution in [2.45, 2.75) is 12.7 Å². The quantitative estimate of drug-likeness (QED) is 0.507. The van der Waals surface area contributed by atoms with Crippen molar-refractivity contribution >= 4 is 23.1 Å². The first-order chi connectivity index (χ1) is 13.4. The van der Waals surface area contributed by atoms with E-state index in [1.54, 1.807) is 12.1 Å². The number of carbonyl (C=O) groups is 1. The molecule has 3 N–H and O–H groups in total. The number of hydrogen-bond acceptors (Lipinski definition) is 2. The van der Waals surface area contributed by atoms with Crippen LogP contribution in [0, 0.1) is 0 Å². The largest absolute Gasteiger partial charge is 0.416 e. The summed E-state index contributed by atoms with van der Waals surface area (Å²) in [6.45, 7) is 0.641. The van der Waals surface area contributed by atoms with Crippen LogP contribution < -0.4 is 16.0 Å². The average Bonchev–Trinajstić information content (AvgIpc) is 2.68. The fraction of sp³-hybridized carbons (Fsp3) is 0.0952. The molecule has 0 aliphatic carbocycles. The van der Waals surface area contributed by atoms with Gasteiger partial charge in [-0.15, -0.1) is 0 Å². The number of anilines is 3. The average molecular weight is 385 g/mol. The molecule has 0 aliphatic heterocycles. The minimum absolute atomic E-state index is 0.272. The minimum Gasteiger partial charge on any atom is -0.381 e. The normalized spacial score (nSPS) is 11.0. The molecule has 0 aromatic heterocycles. The number of nitrogens with one attached hydrogen (secondary N) is 3. The first-order valence-electron chi connectivity index (χ1n) is 8.53. The van der Waals surface area contributed by atoms with Gasteiger partial charge in [0.05, 0.1) is 5.56 Å². The van der Waals surface area contributed by atoms with Crippen molar-refractivity contribution in [2.24, 2.45) is 0 Å². The number of para-hydroxylation sites is 1.